The lowest BCUT2D eigenvalue weighted by Crippen LogP contribution is -2.15. The molecule has 28 heavy (non-hydrogen) atoms. The molecule has 7 heteroatoms. The zero-order valence-corrected chi connectivity index (χ0v) is 16.2. The first kappa shape index (κ1) is 18.2. The van der Waals surface area contributed by atoms with E-state index in [1.807, 2.05) is 29.0 Å². The van der Waals surface area contributed by atoms with Gasteiger partial charge >= 0.3 is 5.97 Å². The van der Waals surface area contributed by atoms with Gasteiger partial charge in [0.1, 0.15) is 17.2 Å². The summed E-state index contributed by atoms with van der Waals surface area (Å²) in [5.74, 6) is 1.84. The van der Waals surface area contributed by atoms with Crippen molar-refractivity contribution in [3.8, 4) is 22.8 Å². The summed E-state index contributed by atoms with van der Waals surface area (Å²) in [6, 6.07) is 5.61. The summed E-state index contributed by atoms with van der Waals surface area (Å²) in [5.41, 5.74) is 4.33. The van der Waals surface area contributed by atoms with E-state index in [0.717, 1.165) is 52.4 Å². The first-order valence-electron chi connectivity index (χ1n) is 9.20. The third-order valence-corrected chi connectivity index (χ3v) is 5.01. The van der Waals surface area contributed by atoms with E-state index in [1.54, 1.807) is 27.3 Å². The average Bonchev–Trinajstić information content (AvgIpc) is 3.31. The maximum Gasteiger partial charge on any atom is 0.355 e. The summed E-state index contributed by atoms with van der Waals surface area (Å²) in [7, 11) is 3.24. The fraction of sp³-hybridized carbons (Fsp3) is 0.333. The van der Waals surface area contributed by atoms with Crippen LogP contribution in [0, 0.1) is 0 Å². The van der Waals surface area contributed by atoms with Gasteiger partial charge in [0.15, 0.2) is 5.76 Å². The highest BCUT2D eigenvalue weighted by molar-refractivity contribution is 5.93. The molecule has 0 N–H and O–H groups in total. The highest BCUT2D eigenvalue weighted by Crippen LogP contribution is 2.37. The van der Waals surface area contributed by atoms with Crippen LogP contribution in [0.15, 0.2) is 35.1 Å². The van der Waals surface area contributed by atoms with E-state index in [-0.39, 0.29) is 5.97 Å². The van der Waals surface area contributed by atoms with Gasteiger partial charge in [-0.15, -0.1) is 0 Å². The van der Waals surface area contributed by atoms with Crippen LogP contribution in [0.25, 0.3) is 11.3 Å². The number of benzene rings is 1. The fourth-order valence-electron chi connectivity index (χ4n) is 3.72. The van der Waals surface area contributed by atoms with Crippen molar-refractivity contribution in [2.45, 2.75) is 26.3 Å². The molecule has 0 aliphatic heterocycles. The van der Waals surface area contributed by atoms with Crippen molar-refractivity contribution in [3.05, 3.63) is 53.0 Å². The Hall–Kier alpha value is -3.22. The topological polar surface area (TPSA) is 75.7 Å². The highest BCUT2D eigenvalue weighted by Gasteiger charge is 2.30. The minimum absolute atomic E-state index is 0.314. The summed E-state index contributed by atoms with van der Waals surface area (Å²) in [5, 5.41) is 3.92. The van der Waals surface area contributed by atoms with Gasteiger partial charge in [0.25, 0.3) is 0 Å². The van der Waals surface area contributed by atoms with Crippen LogP contribution >= 0.6 is 0 Å². The van der Waals surface area contributed by atoms with Crippen molar-refractivity contribution in [2.75, 3.05) is 20.8 Å². The van der Waals surface area contributed by atoms with Crippen molar-refractivity contribution >= 4 is 5.97 Å². The molecular weight excluding hydrogens is 360 g/mol. The summed E-state index contributed by atoms with van der Waals surface area (Å²) in [6.45, 7) is 2.55. The van der Waals surface area contributed by atoms with Crippen molar-refractivity contribution in [2.24, 2.45) is 0 Å². The van der Waals surface area contributed by atoms with Gasteiger partial charge in [-0.25, -0.2) is 4.79 Å². The molecule has 2 aromatic heterocycles. The van der Waals surface area contributed by atoms with Crippen LogP contribution in [0.4, 0.5) is 0 Å². The van der Waals surface area contributed by atoms with Crippen LogP contribution < -0.4 is 9.47 Å². The molecule has 0 radical (unpaired) electrons. The van der Waals surface area contributed by atoms with Crippen LogP contribution in [-0.2, 0) is 24.1 Å². The smallest absolute Gasteiger partial charge is 0.355 e. The number of hydrogen-bond donors (Lipinski definition) is 0. The largest absolute Gasteiger partial charge is 0.497 e. The van der Waals surface area contributed by atoms with Crippen LogP contribution in [0.2, 0.25) is 0 Å². The lowest BCUT2D eigenvalue weighted by molar-refractivity contribution is 0.0513. The molecule has 0 bridgehead atoms. The number of carbonyl (C=O) groups is 1. The summed E-state index contributed by atoms with van der Waals surface area (Å²) in [6.07, 6.45) is 5.19. The number of methoxy groups -OCH3 is 2. The van der Waals surface area contributed by atoms with Crippen LogP contribution in [-0.4, -0.2) is 36.5 Å². The molecular formula is C21H22N2O5. The third-order valence-electron chi connectivity index (χ3n) is 5.01. The lowest BCUT2D eigenvalue weighted by atomic mass is 9.93. The zero-order chi connectivity index (χ0) is 19.7. The third kappa shape index (κ3) is 3.02. The summed E-state index contributed by atoms with van der Waals surface area (Å²) < 4.78 is 23.5. The van der Waals surface area contributed by atoms with Gasteiger partial charge in [-0.2, -0.15) is 0 Å². The Morgan fingerprint density at radius 2 is 2.11 bits per heavy atom. The second-order valence-corrected chi connectivity index (χ2v) is 6.58. The second kappa shape index (κ2) is 7.42. The van der Waals surface area contributed by atoms with Gasteiger partial charge < -0.3 is 23.3 Å². The van der Waals surface area contributed by atoms with Crippen molar-refractivity contribution in [1.82, 2.24) is 9.72 Å². The van der Waals surface area contributed by atoms with E-state index in [1.165, 1.54) is 0 Å². The molecule has 2 heterocycles. The average molecular weight is 382 g/mol. The molecule has 3 aromatic rings. The predicted molar refractivity (Wildman–Crippen MR) is 102 cm³/mol. The monoisotopic (exact) mass is 382 g/mol. The molecule has 0 unspecified atom stereocenters. The van der Waals surface area contributed by atoms with Crippen LogP contribution in [0.3, 0.4) is 0 Å². The molecule has 1 aromatic carbocycles. The molecule has 0 saturated carbocycles. The number of esters is 1. The van der Waals surface area contributed by atoms with Crippen LogP contribution in [0.5, 0.6) is 11.5 Å². The van der Waals surface area contributed by atoms with Crippen molar-refractivity contribution in [1.29, 1.82) is 0 Å². The second-order valence-electron chi connectivity index (χ2n) is 6.58. The molecule has 1 aliphatic carbocycles. The Balaban J connectivity index is 1.83. The van der Waals surface area contributed by atoms with Gasteiger partial charge in [0.2, 0.25) is 0 Å². The molecule has 0 atom stereocenters. The van der Waals surface area contributed by atoms with Gasteiger partial charge in [-0.3, -0.25) is 0 Å². The summed E-state index contributed by atoms with van der Waals surface area (Å²) in [4.78, 5) is 12.8. The lowest BCUT2D eigenvalue weighted by Gasteiger charge is -2.14. The van der Waals surface area contributed by atoms with E-state index < -0.39 is 0 Å². The Labute approximate surface area is 162 Å². The maximum atomic E-state index is 12.8. The number of fused-ring (bicyclic) bond motifs is 3. The van der Waals surface area contributed by atoms with Gasteiger partial charge in [-0.1, -0.05) is 5.16 Å². The minimum atomic E-state index is -0.339. The highest BCUT2D eigenvalue weighted by atomic mass is 16.5. The molecule has 146 valence electrons. The van der Waals surface area contributed by atoms with Crippen molar-refractivity contribution in [3.63, 3.8) is 0 Å². The van der Waals surface area contributed by atoms with Gasteiger partial charge in [-0.05, 0) is 43.5 Å². The maximum absolute atomic E-state index is 12.8. The Bertz CT molecular complexity index is 1020. The Morgan fingerprint density at radius 1 is 1.25 bits per heavy atom. The molecule has 0 fully saturated rings. The standard InChI is InChI=1S/C21H22N2O5/c1-4-27-21(24)19-16-7-5-13-10-22-28-20(13)17(16)12-23(19)11-14-9-15(25-2)6-8-18(14)26-3/h6,8-10,12H,4-5,7,11H2,1-3H3. The molecule has 7 nitrogen and oxygen atoms in total. The van der Waals surface area contributed by atoms with Gasteiger partial charge in [0.05, 0.1) is 33.6 Å². The van der Waals surface area contributed by atoms with E-state index in [4.69, 9.17) is 18.7 Å². The SMILES string of the molecule is CCOC(=O)c1c2c(cn1Cc1cc(OC)ccc1OC)-c1oncc1CC2. The number of aromatic nitrogens is 2. The zero-order valence-electron chi connectivity index (χ0n) is 16.2. The fourth-order valence-corrected chi connectivity index (χ4v) is 3.72. The summed E-state index contributed by atoms with van der Waals surface area (Å²) >= 11 is 0. The van der Waals surface area contributed by atoms with Crippen LogP contribution in [0.1, 0.15) is 34.1 Å². The first-order chi connectivity index (χ1) is 13.7. The molecule has 0 spiro atoms. The van der Waals surface area contributed by atoms with E-state index in [9.17, 15) is 4.79 Å². The molecule has 0 saturated heterocycles. The Kier molecular flexibility index (Phi) is 4.81. The molecule has 0 amide bonds. The first-order valence-corrected chi connectivity index (χ1v) is 9.20. The number of hydrogen-bond acceptors (Lipinski definition) is 6. The van der Waals surface area contributed by atoms with Gasteiger partial charge in [0, 0.05) is 22.9 Å². The van der Waals surface area contributed by atoms with Crippen molar-refractivity contribution < 1.29 is 23.5 Å². The van der Waals surface area contributed by atoms with E-state index >= 15 is 0 Å². The number of rotatable bonds is 6. The van der Waals surface area contributed by atoms with E-state index in [0.29, 0.717) is 18.8 Å². The number of nitrogens with zero attached hydrogens (tertiary/aromatic N) is 2. The van der Waals surface area contributed by atoms with E-state index in [2.05, 4.69) is 5.16 Å². The number of ether oxygens (including phenoxy) is 3. The predicted octanol–water partition coefficient (Wildman–Crippen LogP) is 3.48. The number of aryl methyl sites for hydroxylation is 1. The quantitative estimate of drug-likeness (QED) is 0.608. The molecule has 1 aliphatic rings. The number of carbonyl (C=O) groups excluding carboxylic acids is 1. The minimum Gasteiger partial charge on any atom is -0.497 e. The normalized spacial score (nSPS) is 12.2. The molecule has 4 rings (SSSR count). The Morgan fingerprint density at radius 3 is 2.86 bits per heavy atom.